The Morgan fingerprint density at radius 2 is 2.20 bits per heavy atom. The Balaban J connectivity index is 1.93. The maximum Gasteiger partial charge on any atom is 0.251 e. The molecule has 1 aromatic rings. The predicted molar refractivity (Wildman–Crippen MR) is 78.7 cm³/mol. The number of nitrogens with one attached hydrogen (secondary N) is 2. The zero-order chi connectivity index (χ0) is 14.5. The zero-order valence-electron chi connectivity index (χ0n) is 12.0. The maximum absolute atomic E-state index is 12.1. The molecule has 0 spiro atoms. The van der Waals surface area contributed by atoms with E-state index in [0.29, 0.717) is 23.8 Å². The second-order valence-electron chi connectivity index (χ2n) is 5.25. The SMILES string of the molecule is CC(=O)Nc1cccc(C(=O)NCC2CCCN2C)c1. The quantitative estimate of drug-likeness (QED) is 0.874. The number of carbonyl (C=O) groups is 2. The highest BCUT2D eigenvalue weighted by Gasteiger charge is 2.21. The Morgan fingerprint density at radius 3 is 2.85 bits per heavy atom. The average Bonchev–Trinajstić information content (AvgIpc) is 2.81. The van der Waals surface area contributed by atoms with Gasteiger partial charge in [-0.1, -0.05) is 6.07 Å². The molecular formula is C15H21N3O2. The van der Waals surface area contributed by atoms with E-state index < -0.39 is 0 Å². The van der Waals surface area contributed by atoms with Crippen molar-refractivity contribution in [2.24, 2.45) is 0 Å². The summed E-state index contributed by atoms with van der Waals surface area (Å²) in [6.07, 6.45) is 2.32. The number of benzene rings is 1. The number of likely N-dealkylation sites (N-methyl/N-ethyl adjacent to an activating group) is 1. The van der Waals surface area contributed by atoms with E-state index in [1.165, 1.54) is 13.3 Å². The van der Waals surface area contributed by atoms with Crippen LogP contribution in [0.1, 0.15) is 30.1 Å². The van der Waals surface area contributed by atoms with Crippen molar-refractivity contribution in [1.82, 2.24) is 10.2 Å². The van der Waals surface area contributed by atoms with Crippen LogP contribution in [0.5, 0.6) is 0 Å². The van der Waals surface area contributed by atoms with Gasteiger partial charge in [0.2, 0.25) is 5.91 Å². The Hall–Kier alpha value is -1.88. The van der Waals surface area contributed by atoms with Gasteiger partial charge in [-0.3, -0.25) is 9.59 Å². The fraction of sp³-hybridized carbons (Fsp3) is 0.467. The van der Waals surface area contributed by atoms with Crippen LogP contribution in [0.3, 0.4) is 0 Å². The van der Waals surface area contributed by atoms with E-state index in [2.05, 4.69) is 22.6 Å². The van der Waals surface area contributed by atoms with E-state index in [4.69, 9.17) is 0 Å². The molecule has 1 unspecified atom stereocenters. The lowest BCUT2D eigenvalue weighted by Crippen LogP contribution is -2.38. The van der Waals surface area contributed by atoms with Crippen LogP contribution in [-0.2, 0) is 4.79 Å². The largest absolute Gasteiger partial charge is 0.350 e. The lowest BCUT2D eigenvalue weighted by Gasteiger charge is -2.19. The Kier molecular flexibility index (Phi) is 4.74. The molecule has 2 amide bonds. The summed E-state index contributed by atoms with van der Waals surface area (Å²) >= 11 is 0. The molecule has 5 nitrogen and oxygen atoms in total. The van der Waals surface area contributed by atoms with Gasteiger partial charge >= 0.3 is 0 Å². The van der Waals surface area contributed by atoms with Crippen LogP contribution < -0.4 is 10.6 Å². The van der Waals surface area contributed by atoms with Crippen LogP contribution in [0.4, 0.5) is 5.69 Å². The first kappa shape index (κ1) is 14.5. The van der Waals surface area contributed by atoms with Gasteiger partial charge in [-0.05, 0) is 44.6 Å². The highest BCUT2D eigenvalue weighted by molar-refractivity contribution is 5.96. The molecule has 1 aliphatic heterocycles. The molecule has 0 bridgehead atoms. The molecule has 1 atom stereocenters. The third-order valence-corrected chi connectivity index (χ3v) is 3.61. The second kappa shape index (κ2) is 6.52. The number of anilines is 1. The van der Waals surface area contributed by atoms with E-state index in [9.17, 15) is 9.59 Å². The third kappa shape index (κ3) is 3.81. The van der Waals surface area contributed by atoms with E-state index in [1.807, 2.05) is 0 Å². The molecule has 0 aliphatic carbocycles. The van der Waals surface area contributed by atoms with Crippen molar-refractivity contribution < 1.29 is 9.59 Å². The van der Waals surface area contributed by atoms with Gasteiger partial charge in [0.05, 0.1) is 0 Å². The minimum Gasteiger partial charge on any atom is -0.350 e. The molecule has 20 heavy (non-hydrogen) atoms. The minimum absolute atomic E-state index is 0.0995. The topological polar surface area (TPSA) is 61.4 Å². The van der Waals surface area contributed by atoms with E-state index >= 15 is 0 Å². The summed E-state index contributed by atoms with van der Waals surface area (Å²) in [6, 6.07) is 7.40. The predicted octanol–water partition coefficient (Wildman–Crippen LogP) is 1.47. The van der Waals surface area contributed by atoms with E-state index in [0.717, 1.165) is 13.0 Å². The first-order valence-corrected chi connectivity index (χ1v) is 6.92. The monoisotopic (exact) mass is 275 g/mol. The molecule has 0 radical (unpaired) electrons. The first-order valence-electron chi connectivity index (χ1n) is 6.92. The Labute approximate surface area is 119 Å². The summed E-state index contributed by atoms with van der Waals surface area (Å²) < 4.78 is 0. The van der Waals surface area contributed by atoms with Gasteiger partial charge in [0, 0.05) is 30.8 Å². The van der Waals surface area contributed by atoms with Crippen molar-refractivity contribution in [2.75, 3.05) is 25.5 Å². The summed E-state index contributed by atoms with van der Waals surface area (Å²) in [5.74, 6) is -0.243. The van der Waals surface area contributed by atoms with Crippen molar-refractivity contribution in [3.8, 4) is 0 Å². The molecule has 0 saturated carbocycles. The summed E-state index contributed by atoms with van der Waals surface area (Å²) in [6.45, 7) is 3.21. The molecule has 2 N–H and O–H groups in total. The van der Waals surface area contributed by atoms with Gasteiger partial charge in [-0.2, -0.15) is 0 Å². The summed E-state index contributed by atoms with van der Waals surface area (Å²) in [7, 11) is 2.08. The normalized spacial score (nSPS) is 18.8. The fourth-order valence-corrected chi connectivity index (χ4v) is 2.49. The summed E-state index contributed by atoms with van der Waals surface area (Å²) in [4.78, 5) is 25.4. The lowest BCUT2D eigenvalue weighted by molar-refractivity contribution is -0.114. The van der Waals surface area contributed by atoms with Gasteiger partial charge < -0.3 is 15.5 Å². The van der Waals surface area contributed by atoms with Crippen LogP contribution in [0, 0.1) is 0 Å². The van der Waals surface area contributed by atoms with Crippen LogP contribution in [0.25, 0.3) is 0 Å². The number of amides is 2. The standard InChI is InChI=1S/C15H21N3O2/c1-11(19)17-13-6-3-5-12(9-13)15(20)16-10-14-7-4-8-18(14)2/h3,5-6,9,14H,4,7-8,10H2,1-2H3,(H,16,20)(H,17,19). The van der Waals surface area contributed by atoms with Gasteiger partial charge in [0.1, 0.15) is 0 Å². The van der Waals surface area contributed by atoms with E-state index in [-0.39, 0.29) is 11.8 Å². The molecule has 1 fully saturated rings. The maximum atomic E-state index is 12.1. The molecule has 1 saturated heterocycles. The van der Waals surface area contributed by atoms with Crippen molar-refractivity contribution in [3.63, 3.8) is 0 Å². The second-order valence-corrected chi connectivity index (χ2v) is 5.25. The number of nitrogens with zero attached hydrogens (tertiary/aromatic N) is 1. The van der Waals surface area contributed by atoms with Crippen LogP contribution in [0.15, 0.2) is 24.3 Å². The number of carbonyl (C=O) groups excluding carboxylic acids is 2. The van der Waals surface area contributed by atoms with Gasteiger partial charge in [-0.25, -0.2) is 0 Å². The number of rotatable bonds is 4. The number of hydrogen-bond acceptors (Lipinski definition) is 3. The molecular weight excluding hydrogens is 254 g/mol. The van der Waals surface area contributed by atoms with Crippen molar-refractivity contribution in [2.45, 2.75) is 25.8 Å². The summed E-state index contributed by atoms with van der Waals surface area (Å²) in [5.41, 5.74) is 1.21. The third-order valence-electron chi connectivity index (χ3n) is 3.61. The lowest BCUT2D eigenvalue weighted by atomic mass is 10.1. The molecule has 2 rings (SSSR count). The molecule has 1 aromatic carbocycles. The molecule has 5 heteroatoms. The van der Waals surface area contributed by atoms with Gasteiger partial charge in [0.25, 0.3) is 5.91 Å². The molecule has 1 heterocycles. The molecule has 108 valence electrons. The first-order chi connectivity index (χ1) is 9.56. The van der Waals surface area contributed by atoms with Crippen molar-refractivity contribution in [3.05, 3.63) is 29.8 Å². The molecule has 0 aromatic heterocycles. The highest BCUT2D eigenvalue weighted by atomic mass is 16.2. The Morgan fingerprint density at radius 1 is 1.40 bits per heavy atom. The van der Waals surface area contributed by atoms with Gasteiger partial charge in [0.15, 0.2) is 0 Å². The van der Waals surface area contributed by atoms with Gasteiger partial charge in [-0.15, -0.1) is 0 Å². The average molecular weight is 275 g/mol. The van der Waals surface area contributed by atoms with Crippen LogP contribution in [0.2, 0.25) is 0 Å². The Bertz CT molecular complexity index is 502. The van der Waals surface area contributed by atoms with Crippen molar-refractivity contribution >= 4 is 17.5 Å². The van der Waals surface area contributed by atoms with Crippen molar-refractivity contribution in [1.29, 1.82) is 0 Å². The number of likely N-dealkylation sites (tertiary alicyclic amines) is 1. The van der Waals surface area contributed by atoms with Crippen LogP contribution in [-0.4, -0.2) is 42.9 Å². The van der Waals surface area contributed by atoms with E-state index in [1.54, 1.807) is 24.3 Å². The number of hydrogen-bond donors (Lipinski definition) is 2. The smallest absolute Gasteiger partial charge is 0.251 e. The zero-order valence-corrected chi connectivity index (χ0v) is 12.0. The summed E-state index contributed by atoms with van der Waals surface area (Å²) in [5, 5.41) is 5.64. The minimum atomic E-state index is -0.143. The molecule has 1 aliphatic rings. The van der Waals surface area contributed by atoms with Crippen LogP contribution >= 0.6 is 0 Å². The highest BCUT2D eigenvalue weighted by Crippen LogP contribution is 2.14. The fourth-order valence-electron chi connectivity index (χ4n) is 2.49.